The summed E-state index contributed by atoms with van der Waals surface area (Å²) in [5.41, 5.74) is 1.76. The van der Waals surface area contributed by atoms with Gasteiger partial charge in [-0.2, -0.15) is 0 Å². The molecule has 26 heavy (non-hydrogen) atoms. The second-order valence-corrected chi connectivity index (χ2v) is 6.19. The van der Waals surface area contributed by atoms with Crippen molar-refractivity contribution in [2.45, 2.75) is 13.3 Å². The van der Waals surface area contributed by atoms with Gasteiger partial charge in [-0.05, 0) is 43.3 Å². The van der Waals surface area contributed by atoms with Crippen LogP contribution in [0.4, 0.5) is 18.9 Å². The molecule has 2 aromatic heterocycles. The van der Waals surface area contributed by atoms with E-state index in [1.54, 1.807) is 31.5 Å². The lowest BCUT2D eigenvalue weighted by Crippen LogP contribution is -2.17. The van der Waals surface area contributed by atoms with Crippen LogP contribution < -0.4 is 10.1 Å². The average molecular weight is 379 g/mol. The number of hydrogen-bond acceptors (Lipinski definition) is 5. The fourth-order valence-corrected chi connectivity index (χ4v) is 3.12. The van der Waals surface area contributed by atoms with Gasteiger partial charge in [0.2, 0.25) is 0 Å². The van der Waals surface area contributed by atoms with E-state index in [9.17, 15) is 18.0 Å². The molecule has 0 unspecified atom stereocenters. The van der Waals surface area contributed by atoms with Crippen LogP contribution in [0.5, 0.6) is 5.75 Å². The fourth-order valence-electron chi connectivity index (χ4n) is 2.15. The Hall–Kier alpha value is -2.94. The number of nitrogens with one attached hydrogen (secondary N) is 1. The van der Waals surface area contributed by atoms with Crippen molar-refractivity contribution in [3.63, 3.8) is 0 Å². The quantitative estimate of drug-likeness (QED) is 0.716. The number of pyridine rings is 1. The third kappa shape index (κ3) is 4.37. The molecule has 134 valence electrons. The molecule has 3 aromatic rings. The molecule has 1 aromatic carbocycles. The number of thiazole rings is 1. The predicted molar refractivity (Wildman–Crippen MR) is 91.2 cm³/mol. The minimum absolute atomic E-state index is 0.350. The summed E-state index contributed by atoms with van der Waals surface area (Å²) in [4.78, 5) is 21.2. The first-order chi connectivity index (χ1) is 12.3. The van der Waals surface area contributed by atoms with Gasteiger partial charge in [0.1, 0.15) is 15.6 Å². The molecule has 0 atom stereocenters. The number of carbonyl (C=O) groups excluding carboxylic acids is 1. The molecular formula is C17H12F3N3O2S. The molecule has 5 nitrogen and oxygen atoms in total. The maximum Gasteiger partial charge on any atom is 0.573 e. The molecule has 0 bridgehead atoms. The Kier molecular flexibility index (Phi) is 4.90. The van der Waals surface area contributed by atoms with Gasteiger partial charge >= 0.3 is 6.36 Å². The minimum Gasteiger partial charge on any atom is -0.406 e. The summed E-state index contributed by atoms with van der Waals surface area (Å²) in [6, 6.07) is 8.51. The summed E-state index contributed by atoms with van der Waals surface area (Å²) < 4.78 is 40.3. The number of alkyl halides is 3. The van der Waals surface area contributed by atoms with Crippen LogP contribution >= 0.6 is 11.3 Å². The van der Waals surface area contributed by atoms with E-state index >= 15 is 0 Å². The van der Waals surface area contributed by atoms with Crippen molar-refractivity contribution in [2.24, 2.45) is 0 Å². The largest absolute Gasteiger partial charge is 0.573 e. The van der Waals surface area contributed by atoms with Crippen LogP contribution in [0.3, 0.4) is 0 Å². The molecule has 0 saturated carbocycles. The first-order valence-electron chi connectivity index (χ1n) is 7.37. The highest BCUT2D eigenvalue weighted by Crippen LogP contribution is 2.29. The van der Waals surface area contributed by atoms with E-state index in [-0.39, 0.29) is 11.7 Å². The van der Waals surface area contributed by atoms with Gasteiger partial charge in [0, 0.05) is 23.6 Å². The van der Waals surface area contributed by atoms with Crippen LogP contribution in [0.15, 0.2) is 48.8 Å². The van der Waals surface area contributed by atoms with Crippen molar-refractivity contribution in [1.82, 2.24) is 9.97 Å². The van der Waals surface area contributed by atoms with Gasteiger partial charge in [-0.15, -0.1) is 24.5 Å². The number of ether oxygens (including phenoxy) is 1. The van der Waals surface area contributed by atoms with E-state index in [0.717, 1.165) is 17.7 Å². The molecule has 2 heterocycles. The van der Waals surface area contributed by atoms with Crippen LogP contribution in [0, 0.1) is 6.92 Å². The summed E-state index contributed by atoms with van der Waals surface area (Å²) in [7, 11) is 0. The molecule has 0 aliphatic carbocycles. The number of hydrogen-bond donors (Lipinski definition) is 1. The van der Waals surface area contributed by atoms with Gasteiger partial charge in [-0.1, -0.05) is 0 Å². The number of carbonyl (C=O) groups is 1. The van der Waals surface area contributed by atoms with Gasteiger partial charge in [0.25, 0.3) is 5.91 Å². The number of amides is 1. The summed E-state index contributed by atoms with van der Waals surface area (Å²) >= 11 is 1.23. The zero-order chi connectivity index (χ0) is 18.7. The zero-order valence-corrected chi connectivity index (χ0v) is 14.2. The summed E-state index contributed by atoms with van der Waals surface area (Å²) in [5, 5.41) is 3.32. The van der Waals surface area contributed by atoms with E-state index in [1.807, 2.05) is 0 Å². The Morgan fingerprint density at radius 3 is 2.38 bits per heavy atom. The number of rotatable bonds is 4. The molecule has 1 amide bonds. The number of benzene rings is 1. The highest BCUT2D eigenvalue weighted by Gasteiger charge is 2.31. The predicted octanol–water partition coefficient (Wildman–Crippen LogP) is 4.66. The lowest BCUT2D eigenvalue weighted by molar-refractivity contribution is -0.274. The van der Waals surface area contributed by atoms with Crippen LogP contribution in [-0.4, -0.2) is 22.2 Å². The van der Waals surface area contributed by atoms with Gasteiger partial charge in [-0.3, -0.25) is 9.78 Å². The number of anilines is 1. The molecule has 3 rings (SSSR count). The van der Waals surface area contributed by atoms with Crippen molar-refractivity contribution in [1.29, 1.82) is 0 Å². The van der Waals surface area contributed by atoms with E-state index in [0.29, 0.717) is 21.3 Å². The highest BCUT2D eigenvalue weighted by atomic mass is 32.1. The number of aryl methyl sites for hydroxylation is 1. The average Bonchev–Trinajstić information content (AvgIpc) is 2.98. The maximum atomic E-state index is 12.4. The Morgan fingerprint density at radius 1 is 1.12 bits per heavy atom. The van der Waals surface area contributed by atoms with E-state index in [4.69, 9.17) is 0 Å². The molecular weight excluding hydrogens is 367 g/mol. The molecule has 0 aliphatic heterocycles. The van der Waals surface area contributed by atoms with E-state index in [1.165, 1.54) is 23.5 Å². The lowest BCUT2D eigenvalue weighted by atomic mass is 10.3. The van der Waals surface area contributed by atoms with Gasteiger partial charge in [-0.25, -0.2) is 4.98 Å². The standard InChI is InChI=1S/C17H12F3N3O2S/c1-10-14(26-16(22-10)11-6-8-21-9-7-11)15(24)23-12-2-4-13(5-3-12)25-17(18,19)20/h2-9H,1H3,(H,23,24). The molecule has 0 radical (unpaired) electrons. The van der Waals surface area contributed by atoms with Crippen molar-refractivity contribution in [2.75, 3.05) is 5.32 Å². The lowest BCUT2D eigenvalue weighted by Gasteiger charge is -2.09. The molecule has 1 N–H and O–H groups in total. The normalized spacial score (nSPS) is 11.2. The summed E-state index contributed by atoms with van der Waals surface area (Å²) in [6.45, 7) is 1.72. The SMILES string of the molecule is Cc1nc(-c2ccncc2)sc1C(=O)Nc1ccc(OC(F)(F)F)cc1. The topological polar surface area (TPSA) is 64.1 Å². The highest BCUT2D eigenvalue weighted by molar-refractivity contribution is 7.17. The van der Waals surface area contributed by atoms with Crippen LogP contribution in [0.1, 0.15) is 15.4 Å². The Bertz CT molecular complexity index is 909. The van der Waals surface area contributed by atoms with E-state index < -0.39 is 6.36 Å². The molecule has 0 fully saturated rings. The summed E-state index contributed by atoms with van der Waals surface area (Å²) in [5.74, 6) is -0.741. The molecule has 0 spiro atoms. The number of halogens is 3. The first kappa shape index (κ1) is 17.9. The van der Waals surface area contributed by atoms with Crippen molar-refractivity contribution >= 4 is 22.9 Å². The third-order valence-corrected chi connectivity index (χ3v) is 4.48. The number of nitrogens with zero attached hydrogens (tertiary/aromatic N) is 2. The summed E-state index contributed by atoms with van der Waals surface area (Å²) in [6.07, 6.45) is -1.49. The minimum atomic E-state index is -4.76. The molecule has 0 aliphatic rings. The maximum absolute atomic E-state index is 12.4. The van der Waals surface area contributed by atoms with Crippen LogP contribution in [0.25, 0.3) is 10.6 Å². The van der Waals surface area contributed by atoms with Crippen molar-refractivity contribution in [3.8, 4) is 16.3 Å². The van der Waals surface area contributed by atoms with Crippen LogP contribution in [-0.2, 0) is 0 Å². The first-order valence-corrected chi connectivity index (χ1v) is 8.18. The van der Waals surface area contributed by atoms with Crippen LogP contribution in [0.2, 0.25) is 0 Å². The monoisotopic (exact) mass is 379 g/mol. The Labute approximate surface area is 150 Å². The molecule has 9 heteroatoms. The third-order valence-electron chi connectivity index (χ3n) is 3.28. The van der Waals surface area contributed by atoms with Gasteiger partial charge < -0.3 is 10.1 Å². The number of aromatic nitrogens is 2. The Balaban J connectivity index is 1.73. The molecule has 0 saturated heterocycles. The van der Waals surface area contributed by atoms with Crippen molar-refractivity contribution in [3.05, 3.63) is 59.4 Å². The van der Waals surface area contributed by atoms with Gasteiger partial charge in [0.05, 0.1) is 5.69 Å². The smallest absolute Gasteiger partial charge is 0.406 e. The van der Waals surface area contributed by atoms with E-state index in [2.05, 4.69) is 20.0 Å². The van der Waals surface area contributed by atoms with Crippen molar-refractivity contribution < 1.29 is 22.7 Å². The van der Waals surface area contributed by atoms with Gasteiger partial charge in [0.15, 0.2) is 0 Å². The Morgan fingerprint density at radius 2 is 1.77 bits per heavy atom. The second-order valence-electron chi connectivity index (χ2n) is 5.20. The fraction of sp³-hybridized carbons (Fsp3) is 0.118. The zero-order valence-electron chi connectivity index (χ0n) is 13.4. The second kappa shape index (κ2) is 7.12.